The van der Waals surface area contributed by atoms with Gasteiger partial charge in [-0.3, -0.25) is 9.58 Å². The minimum atomic E-state index is -3.14. The first-order chi connectivity index (χ1) is 13.1. The van der Waals surface area contributed by atoms with Crippen LogP contribution in [0.1, 0.15) is 6.42 Å². The first-order valence-electron chi connectivity index (χ1n) is 8.72. The molecule has 9 nitrogen and oxygen atoms in total. The Bertz CT molecular complexity index is 939. The van der Waals surface area contributed by atoms with Gasteiger partial charge in [0.15, 0.2) is 0 Å². The standard InChI is InChI=1S/C16H23ClFN7O2S/c1-23-9-13(6-21-23)25(16-20-7-14(17)15(19)22-16)10-12-5-11(18)8-24(12)3-4-28(2,26)27/h6-7,9,11-12H,3-5,8,10H2,1-2H3,(H2,19,20,22)/t11-,12-/m0/s1. The smallest absolute Gasteiger partial charge is 0.232 e. The minimum Gasteiger partial charge on any atom is -0.382 e. The maximum absolute atomic E-state index is 14.1. The Balaban J connectivity index is 1.86. The van der Waals surface area contributed by atoms with Gasteiger partial charge in [0, 0.05) is 45.2 Å². The monoisotopic (exact) mass is 431 g/mol. The third kappa shape index (κ3) is 5.09. The molecule has 0 radical (unpaired) electrons. The fourth-order valence-electron chi connectivity index (χ4n) is 3.23. The summed E-state index contributed by atoms with van der Waals surface area (Å²) in [7, 11) is -1.36. The molecule has 0 bridgehead atoms. The lowest BCUT2D eigenvalue weighted by Gasteiger charge is -2.29. The van der Waals surface area contributed by atoms with Crippen molar-refractivity contribution in [3.05, 3.63) is 23.6 Å². The number of hydrogen-bond acceptors (Lipinski definition) is 8. The Morgan fingerprint density at radius 3 is 2.79 bits per heavy atom. The van der Waals surface area contributed by atoms with Crippen LogP contribution in [-0.2, 0) is 16.9 Å². The number of anilines is 3. The van der Waals surface area contributed by atoms with Crippen LogP contribution in [0.4, 0.5) is 21.8 Å². The predicted octanol–water partition coefficient (Wildman–Crippen LogP) is 1.04. The number of hydrogen-bond donors (Lipinski definition) is 1. The van der Waals surface area contributed by atoms with Gasteiger partial charge in [-0.05, 0) is 6.42 Å². The molecule has 2 atom stereocenters. The molecule has 12 heteroatoms. The van der Waals surface area contributed by atoms with Gasteiger partial charge in [-0.15, -0.1) is 0 Å². The van der Waals surface area contributed by atoms with Gasteiger partial charge in [0.2, 0.25) is 5.95 Å². The van der Waals surface area contributed by atoms with Crippen LogP contribution < -0.4 is 10.6 Å². The van der Waals surface area contributed by atoms with Crippen molar-refractivity contribution in [3.8, 4) is 0 Å². The van der Waals surface area contributed by atoms with E-state index >= 15 is 0 Å². The number of nitrogens with two attached hydrogens (primary N) is 1. The summed E-state index contributed by atoms with van der Waals surface area (Å²) in [5.41, 5.74) is 6.54. The highest BCUT2D eigenvalue weighted by Gasteiger charge is 2.34. The molecule has 28 heavy (non-hydrogen) atoms. The highest BCUT2D eigenvalue weighted by molar-refractivity contribution is 7.90. The van der Waals surface area contributed by atoms with Gasteiger partial charge in [0.25, 0.3) is 0 Å². The zero-order valence-corrected chi connectivity index (χ0v) is 17.2. The summed E-state index contributed by atoms with van der Waals surface area (Å²) < 4.78 is 38.8. The fourth-order valence-corrected chi connectivity index (χ4v) is 3.89. The molecule has 0 saturated carbocycles. The summed E-state index contributed by atoms with van der Waals surface area (Å²) in [6.45, 7) is 0.829. The number of nitrogen functional groups attached to an aromatic ring is 1. The normalized spacial score (nSPS) is 20.6. The van der Waals surface area contributed by atoms with Gasteiger partial charge < -0.3 is 10.6 Å². The minimum absolute atomic E-state index is 0.0203. The number of nitrogens with zero attached hydrogens (tertiary/aromatic N) is 6. The number of alkyl halides is 1. The molecule has 1 saturated heterocycles. The quantitative estimate of drug-likeness (QED) is 0.692. The van der Waals surface area contributed by atoms with Crippen LogP contribution in [0.5, 0.6) is 0 Å². The Hall–Kier alpha value is -1.98. The first kappa shape index (κ1) is 20.7. The van der Waals surface area contributed by atoms with E-state index in [0.29, 0.717) is 18.9 Å². The maximum atomic E-state index is 14.1. The number of aromatic nitrogens is 4. The molecule has 154 valence electrons. The topological polar surface area (TPSA) is 110 Å². The molecule has 1 fully saturated rings. The highest BCUT2D eigenvalue weighted by Crippen LogP contribution is 2.28. The Kier molecular flexibility index (Phi) is 6.06. The summed E-state index contributed by atoms with van der Waals surface area (Å²) in [6, 6.07) is -0.211. The number of likely N-dealkylation sites (tertiary alicyclic amines) is 1. The van der Waals surface area contributed by atoms with Crippen molar-refractivity contribution < 1.29 is 12.8 Å². The van der Waals surface area contributed by atoms with Crippen molar-refractivity contribution in [3.63, 3.8) is 0 Å². The number of sulfone groups is 1. The summed E-state index contributed by atoms with van der Waals surface area (Å²) in [4.78, 5) is 12.1. The maximum Gasteiger partial charge on any atom is 0.232 e. The van der Waals surface area contributed by atoms with E-state index in [-0.39, 0.29) is 35.7 Å². The third-order valence-electron chi connectivity index (χ3n) is 4.62. The second-order valence-electron chi connectivity index (χ2n) is 7.00. The van der Waals surface area contributed by atoms with Crippen LogP contribution in [0.15, 0.2) is 18.6 Å². The summed E-state index contributed by atoms with van der Waals surface area (Å²) in [5, 5.41) is 4.42. The van der Waals surface area contributed by atoms with Crippen LogP contribution in [-0.4, -0.2) is 76.9 Å². The highest BCUT2D eigenvalue weighted by atomic mass is 35.5. The van der Waals surface area contributed by atoms with Crippen molar-refractivity contribution in [2.24, 2.45) is 7.05 Å². The van der Waals surface area contributed by atoms with Gasteiger partial charge in [-0.1, -0.05) is 11.6 Å². The van der Waals surface area contributed by atoms with E-state index in [2.05, 4.69) is 15.1 Å². The van der Waals surface area contributed by atoms with Gasteiger partial charge in [0.05, 0.1) is 23.8 Å². The van der Waals surface area contributed by atoms with Crippen molar-refractivity contribution in [1.82, 2.24) is 24.6 Å². The molecule has 0 aromatic carbocycles. The average Bonchev–Trinajstić information content (AvgIpc) is 3.18. The molecular weight excluding hydrogens is 409 g/mol. The van der Waals surface area contributed by atoms with E-state index in [9.17, 15) is 12.8 Å². The summed E-state index contributed by atoms with van der Waals surface area (Å²) >= 11 is 5.93. The van der Waals surface area contributed by atoms with Crippen LogP contribution in [0.3, 0.4) is 0 Å². The molecule has 2 N–H and O–H groups in total. The van der Waals surface area contributed by atoms with Crippen molar-refractivity contribution >= 4 is 38.9 Å². The van der Waals surface area contributed by atoms with Crippen LogP contribution in [0.2, 0.25) is 5.02 Å². The van der Waals surface area contributed by atoms with E-state index in [1.807, 2.05) is 4.90 Å². The lowest BCUT2D eigenvalue weighted by molar-refractivity contribution is 0.259. The Morgan fingerprint density at radius 2 is 2.18 bits per heavy atom. The van der Waals surface area contributed by atoms with E-state index < -0.39 is 16.0 Å². The third-order valence-corrected chi connectivity index (χ3v) is 5.84. The summed E-state index contributed by atoms with van der Waals surface area (Å²) in [5.74, 6) is 0.442. The van der Waals surface area contributed by atoms with E-state index in [1.54, 1.807) is 29.0 Å². The number of halogens is 2. The first-order valence-corrected chi connectivity index (χ1v) is 11.2. The van der Waals surface area contributed by atoms with Crippen molar-refractivity contribution in [2.75, 3.05) is 42.3 Å². The summed E-state index contributed by atoms with van der Waals surface area (Å²) in [6.07, 6.45) is 5.31. The van der Waals surface area contributed by atoms with Crippen LogP contribution >= 0.6 is 11.6 Å². The fraction of sp³-hybridized carbons (Fsp3) is 0.562. The van der Waals surface area contributed by atoms with E-state index in [1.165, 1.54) is 12.5 Å². The van der Waals surface area contributed by atoms with Crippen LogP contribution in [0, 0.1) is 0 Å². The lowest BCUT2D eigenvalue weighted by Crippen LogP contribution is -2.41. The molecule has 1 aliphatic rings. The molecule has 0 aliphatic carbocycles. The number of rotatable bonds is 7. The second-order valence-corrected chi connectivity index (χ2v) is 9.66. The molecule has 3 rings (SSSR count). The second kappa shape index (κ2) is 8.18. The molecule has 0 amide bonds. The number of aryl methyl sites for hydroxylation is 1. The Labute approximate surface area is 168 Å². The molecule has 1 aliphatic heterocycles. The molecule has 2 aromatic heterocycles. The average molecular weight is 432 g/mol. The zero-order valence-electron chi connectivity index (χ0n) is 15.7. The molecule has 0 unspecified atom stereocenters. The Morgan fingerprint density at radius 1 is 1.43 bits per heavy atom. The van der Waals surface area contributed by atoms with Gasteiger partial charge in [-0.25, -0.2) is 17.8 Å². The largest absolute Gasteiger partial charge is 0.382 e. The van der Waals surface area contributed by atoms with Gasteiger partial charge >= 0.3 is 0 Å². The van der Waals surface area contributed by atoms with Gasteiger partial charge in [0.1, 0.15) is 26.8 Å². The van der Waals surface area contributed by atoms with Crippen molar-refractivity contribution in [1.29, 1.82) is 0 Å². The van der Waals surface area contributed by atoms with Crippen molar-refractivity contribution in [2.45, 2.75) is 18.6 Å². The molecule has 0 spiro atoms. The van der Waals surface area contributed by atoms with Gasteiger partial charge in [-0.2, -0.15) is 10.1 Å². The molecule has 2 aromatic rings. The van der Waals surface area contributed by atoms with E-state index in [0.717, 1.165) is 5.69 Å². The lowest BCUT2D eigenvalue weighted by atomic mass is 10.2. The van der Waals surface area contributed by atoms with Crippen LogP contribution in [0.25, 0.3) is 0 Å². The molecule has 3 heterocycles. The molecular formula is C16H23ClFN7O2S. The zero-order chi connectivity index (χ0) is 20.5. The van der Waals surface area contributed by atoms with E-state index in [4.69, 9.17) is 17.3 Å². The SMILES string of the molecule is Cn1cc(N(C[C@@H]2C[C@H](F)CN2CCS(C)(=O)=O)c2ncc(Cl)c(N)n2)cn1. The predicted molar refractivity (Wildman–Crippen MR) is 106 cm³/mol.